The maximum absolute atomic E-state index is 5.45. The fourth-order valence-electron chi connectivity index (χ4n) is 3.62. The second-order valence-electron chi connectivity index (χ2n) is 6.09. The molecule has 1 N–H and O–H groups in total. The Labute approximate surface area is 123 Å². The van der Waals surface area contributed by atoms with Gasteiger partial charge in [-0.1, -0.05) is 32.3 Å². The Balaban J connectivity index is 2.33. The summed E-state index contributed by atoms with van der Waals surface area (Å²) in [5.41, 5.74) is 4.16. The molecule has 1 aromatic rings. The number of hydrogen-bond acceptors (Lipinski definition) is 2. The molecule has 1 aliphatic rings. The minimum atomic E-state index is 0.633. The Bertz CT molecular complexity index is 441. The molecule has 0 aliphatic heterocycles. The summed E-state index contributed by atoms with van der Waals surface area (Å²) < 4.78 is 5.45. The largest absolute Gasteiger partial charge is 0.496 e. The highest BCUT2D eigenvalue weighted by Crippen LogP contribution is 2.36. The van der Waals surface area contributed by atoms with E-state index in [1.807, 2.05) is 0 Å². The summed E-state index contributed by atoms with van der Waals surface area (Å²) >= 11 is 0. The molecule has 0 radical (unpaired) electrons. The van der Waals surface area contributed by atoms with Gasteiger partial charge in [0.25, 0.3) is 0 Å². The van der Waals surface area contributed by atoms with Crippen molar-refractivity contribution >= 4 is 0 Å². The summed E-state index contributed by atoms with van der Waals surface area (Å²) in [6.45, 7) is 7.66. The van der Waals surface area contributed by atoms with Crippen molar-refractivity contribution in [1.29, 1.82) is 0 Å². The van der Waals surface area contributed by atoms with Gasteiger partial charge in [-0.25, -0.2) is 0 Å². The monoisotopic (exact) mass is 275 g/mol. The highest BCUT2D eigenvalue weighted by atomic mass is 16.5. The molecule has 1 aromatic carbocycles. The molecule has 0 bridgehead atoms. The molecule has 1 saturated carbocycles. The summed E-state index contributed by atoms with van der Waals surface area (Å²) in [6.07, 6.45) is 6.72. The number of methoxy groups -OCH3 is 1. The van der Waals surface area contributed by atoms with E-state index in [4.69, 9.17) is 4.74 Å². The number of likely N-dealkylation sites (N-methyl/N-ethyl adjacent to an activating group) is 1. The Morgan fingerprint density at radius 1 is 1.10 bits per heavy atom. The maximum atomic E-state index is 5.45. The molecule has 2 heteroatoms. The van der Waals surface area contributed by atoms with Crippen LogP contribution in [0.25, 0.3) is 0 Å². The fraction of sp³-hybridized carbons (Fsp3) is 0.667. The van der Waals surface area contributed by atoms with E-state index in [0.717, 1.165) is 12.3 Å². The van der Waals surface area contributed by atoms with Gasteiger partial charge in [0.1, 0.15) is 5.75 Å². The zero-order chi connectivity index (χ0) is 14.5. The Morgan fingerprint density at radius 3 is 2.55 bits per heavy atom. The molecular formula is C18H29NO. The van der Waals surface area contributed by atoms with E-state index < -0.39 is 0 Å². The van der Waals surface area contributed by atoms with Gasteiger partial charge in [-0.15, -0.1) is 0 Å². The van der Waals surface area contributed by atoms with E-state index in [1.54, 1.807) is 7.11 Å². The lowest BCUT2D eigenvalue weighted by atomic mass is 9.84. The summed E-state index contributed by atoms with van der Waals surface area (Å²) in [5, 5.41) is 3.72. The normalized spacial score (nSPS) is 23.4. The topological polar surface area (TPSA) is 21.3 Å². The van der Waals surface area contributed by atoms with Crippen molar-refractivity contribution in [2.75, 3.05) is 13.7 Å². The van der Waals surface area contributed by atoms with Gasteiger partial charge in [-0.2, -0.15) is 0 Å². The predicted octanol–water partition coefficient (Wildman–Crippen LogP) is 4.34. The average molecular weight is 275 g/mol. The molecular weight excluding hydrogens is 246 g/mol. The summed E-state index contributed by atoms with van der Waals surface area (Å²) in [7, 11) is 1.76. The van der Waals surface area contributed by atoms with Gasteiger partial charge in [-0.05, 0) is 61.9 Å². The molecule has 2 unspecified atom stereocenters. The van der Waals surface area contributed by atoms with E-state index in [-0.39, 0.29) is 0 Å². The first kappa shape index (κ1) is 15.4. The molecule has 1 aliphatic carbocycles. The number of hydrogen-bond donors (Lipinski definition) is 1. The molecule has 2 rings (SSSR count). The lowest BCUT2D eigenvalue weighted by Gasteiger charge is -2.28. The van der Waals surface area contributed by atoms with Crippen molar-refractivity contribution in [2.45, 2.75) is 64.8 Å². The fourth-order valence-corrected chi connectivity index (χ4v) is 3.62. The Morgan fingerprint density at radius 2 is 1.85 bits per heavy atom. The average Bonchev–Trinajstić information content (AvgIpc) is 2.67. The van der Waals surface area contributed by atoms with Gasteiger partial charge in [0.05, 0.1) is 7.11 Å². The van der Waals surface area contributed by atoms with E-state index in [1.165, 1.54) is 48.8 Å². The van der Waals surface area contributed by atoms with Crippen LogP contribution < -0.4 is 10.1 Å². The molecule has 0 amide bonds. The third kappa shape index (κ3) is 3.35. The zero-order valence-electron chi connectivity index (χ0n) is 13.5. The number of nitrogens with one attached hydrogen (secondary N) is 1. The standard InChI is InChI=1S/C18H29NO/c1-5-19-17-10-8-6-7-9-15(17)16-11-14(3)18(20-4)12-13(16)2/h11-12,15,17,19H,5-10H2,1-4H3. The van der Waals surface area contributed by atoms with E-state index >= 15 is 0 Å². The summed E-state index contributed by atoms with van der Waals surface area (Å²) in [4.78, 5) is 0. The van der Waals surface area contributed by atoms with Gasteiger partial charge in [0.2, 0.25) is 0 Å². The van der Waals surface area contributed by atoms with Crippen molar-refractivity contribution in [1.82, 2.24) is 5.32 Å². The lowest BCUT2D eigenvalue weighted by molar-refractivity contribution is 0.406. The molecule has 0 saturated heterocycles. The van der Waals surface area contributed by atoms with Crippen LogP contribution in [0.1, 0.15) is 61.6 Å². The van der Waals surface area contributed by atoms with Crippen LogP contribution >= 0.6 is 0 Å². The molecule has 2 nitrogen and oxygen atoms in total. The third-order valence-corrected chi connectivity index (χ3v) is 4.67. The van der Waals surface area contributed by atoms with Crippen molar-refractivity contribution in [3.63, 3.8) is 0 Å². The van der Waals surface area contributed by atoms with Gasteiger partial charge in [-0.3, -0.25) is 0 Å². The molecule has 0 aromatic heterocycles. The first-order chi connectivity index (χ1) is 9.67. The zero-order valence-corrected chi connectivity index (χ0v) is 13.5. The minimum absolute atomic E-state index is 0.633. The second kappa shape index (κ2) is 7.12. The summed E-state index contributed by atoms with van der Waals surface area (Å²) in [6, 6.07) is 5.20. The van der Waals surface area contributed by atoms with Crippen LogP contribution in [0.5, 0.6) is 5.75 Å². The highest BCUT2D eigenvalue weighted by molar-refractivity contribution is 5.43. The number of ether oxygens (including phenoxy) is 1. The molecule has 0 heterocycles. The summed E-state index contributed by atoms with van der Waals surface area (Å²) in [5.74, 6) is 1.67. The number of rotatable bonds is 4. The van der Waals surface area contributed by atoms with E-state index in [0.29, 0.717) is 12.0 Å². The number of benzene rings is 1. The van der Waals surface area contributed by atoms with Gasteiger partial charge >= 0.3 is 0 Å². The SMILES string of the molecule is CCNC1CCCCCC1c1cc(C)c(OC)cc1C. The van der Waals surface area contributed by atoms with Crippen LogP contribution in [-0.4, -0.2) is 19.7 Å². The van der Waals surface area contributed by atoms with Crippen molar-refractivity contribution in [3.05, 3.63) is 28.8 Å². The molecule has 1 fully saturated rings. The van der Waals surface area contributed by atoms with Crippen molar-refractivity contribution in [2.24, 2.45) is 0 Å². The smallest absolute Gasteiger partial charge is 0.122 e. The lowest BCUT2D eigenvalue weighted by Crippen LogP contribution is -2.34. The van der Waals surface area contributed by atoms with Crippen LogP contribution in [0, 0.1) is 13.8 Å². The molecule has 112 valence electrons. The quantitative estimate of drug-likeness (QED) is 0.825. The first-order valence-corrected chi connectivity index (χ1v) is 8.05. The third-order valence-electron chi connectivity index (χ3n) is 4.67. The van der Waals surface area contributed by atoms with Gasteiger partial charge in [0.15, 0.2) is 0 Å². The Hall–Kier alpha value is -1.02. The predicted molar refractivity (Wildman–Crippen MR) is 85.8 cm³/mol. The first-order valence-electron chi connectivity index (χ1n) is 8.05. The molecule has 20 heavy (non-hydrogen) atoms. The van der Waals surface area contributed by atoms with Crippen LogP contribution in [0.15, 0.2) is 12.1 Å². The van der Waals surface area contributed by atoms with Gasteiger partial charge < -0.3 is 10.1 Å². The molecule has 0 spiro atoms. The van der Waals surface area contributed by atoms with Crippen LogP contribution in [-0.2, 0) is 0 Å². The minimum Gasteiger partial charge on any atom is -0.496 e. The van der Waals surface area contributed by atoms with Gasteiger partial charge in [0, 0.05) is 6.04 Å². The van der Waals surface area contributed by atoms with Crippen LogP contribution in [0.4, 0.5) is 0 Å². The van der Waals surface area contributed by atoms with E-state index in [2.05, 4.69) is 38.2 Å². The van der Waals surface area contributed by atoms with Crippen LogP contribution in [0.2, 0.25) is 0 Å². The van der Waals surface area contributed by atoms with Crippen LogP contribution in [0.3, 0.4) is 0 Å². The Kier molecular flexibility index (Phi) is 5.47. The highest BCUT2D eigenvalue weighted by Gasteiger charge is 2.26. The van der Waals surface area contributed by atoms with Crippen molar-refractivity contribution in [3.8, 4) is 5.75 Å². The maximum Gasteiger partial charge on any atom is 0.122 e. The number of aryl methyl sites for hydroxylation is 2. The van der Waals surface area contributed by atoms with E-state index in [9.17, 15) is 0 Å². The van der Waals surface area contributed by atoms with Crippen molar-refractivity contribution < 1.29 is 4.74 Å². The second-order valence-corrected chi connectivity index (χ2v) is 6.09. The molecule has 2 atom stereocenters.